The molecule has 0 saturated carbocycles. The molecule has 23 heavy (non-hydrogen) atoms. The summed E-state index contributed by atoms with van der Waals surface area (Å²) in [7, 11) is 1.92. The van der Waals surface area contributed by atoms with E-state index in [-0.39, 0.29) is 11.7 Å². The number of carbonyl (C=O) groups excluding carboxylic acids is 1. The van der Waals surface area contributed by atoms with Crippen molar-refractivity contribution in [1.82, 2.24) is 9.47 Å². The molecule has 2 heterocycles. The van der Waals surface area contributed by atoms with Gasteiger partial charge in [0.25, 0.3) is 0 Å². The number of likely N-dealkylation sites (tertiary alicyclic amines) is 1. The first-order chi connectivity index (χ1) is 11.0. The van der Waals surface area contributed by atoms with Gasteiger partial charge >= 0.3 is 5.97 Å². The SMILES string of the molecule is CCOC(=O)c1c(CN2CCCC2)n(C)c2cc(N)c(O)cc12. The van der Waals surface area contributed by atoms with Crippen molar-refractivity contribution in [3.05, 3.63) is 23.4 Å². The summed E-state index contributed by atoms with van der Waals surface area (Å²) in [6, 6.07) is 3.27. The van der Waals surface area contributed by atoms with E-state index in [9.17, 15) is 9.90 Å². The predicted octanol–water partition coefficient (Wildman–Crippen LogP) is 2.24. The maximum absolute atomic E-state index is 12.5. The molecule has 3 rings (SSSR count). The van der Waals surface area contributed by atoms with Crippen LogP contribution in [-0.4, -0.2) is 40.2 Å². The number of carbonyl (C=O) groups is 1. The van der Waals surface area contributed by atoms with Crippen molar-refractivity contribution in [2.45, 2.75) is 26.3 Å². The first-order valence-corrected chi connectivity index (χ1v) is 8.02. The van der Waals surface area contributed by atoms with E-state index in [0.717, 1.165) is 24.3 Å². The van der Waals surface area contributed by atoms with E-state index in [2.05, 4.69) is 4.90 Å². The van der Waals surface area contributed by atoms with Gasteiger partial charge in [-0.3, -0.25) is 4.90 Å². The summed E-state index contributed by atoms with van der Waals surface area (Å²) < 4.78 is 7.22. The molecule has 6 nitrogen and oxygen atoms in total. The zero-order chi connectivity index (χ0) is 16.6. The molecule has 0 unspecified atom stereocenters. The minimum atomic E-state index is -0.350. The lowest BCUT2D eigenvalue weighted by Crippen LogP contribution is -2.22. The minimum Gasteiger partial charge on any atom is -0.506 e. The molecule has 2 aromatic rings. The van der Waals surface area contributed by atoms with Gasteiger partial charge in [-0.15, -0.1) is 0 Å². The lowest BCUT2D eigenvalue weighted by atomic mass is 10.1. The van der Waals surface area contributed by atoms with E-state index in [4.69, 9.17) is 10.5 Å². The number of fused-ring (bicyclic) bond motifs is 1. The van der Waals surface area contributed by atoms with Crippen molar-refractivity contribution < 1.29 is 14.6 Å². The number of benzene rings is 1. The molecule has 124 valence electrons. The number of hydrogen-bond donors (Lipinski definition) is 2. The Balaban J connectivity index is 2.16. The fraction of sp³-hybridized carbons (Fsp3) is 0.471. The van der Waals surface area contributed by atoms with E-state index >= 15 is 0 Å². The number of esters is 1. The molecule has 0 atom stereocenters. The highest BCUT2D eigenvalue weighted by molar-refractivity contribution is 6.07. The van der Waals surface area contributed by atoms with E-state index in [0.29, 0.717) is 29.8 Å². The van der Waals surface area contributed by atoms with Crippen LogP contribution in [0.1, 0.15) is 35.8 Å². The van der Waals surface area contributed by atoms with Gasteiger partial charge in [-0.2, -0.15) is 0 Å². The molecule has 1 saturated heterocycles. The summed E-state index contributed by atoms with van der Waals surface area (Å²) in [5.74, 6) is -0.363. The van der Waals surface area contributed by atoms with E-state index < -0.39 is 0 Å². The fourth-order valence-electron chi connectivity index (χ4n) is 3.31. The van der Waals surface area contributed by atoms with Crippen LogP contribution in [0, 0.1) is 0 Å². The second-order valence-corrected chi connectivity index (χ2v) is 6.01. The average Bonchev–Trinajstić information content (AvgIpc) is 3.10. The monoisotopic (exact) mass is 317 g/mol. The van der Waals surface area contributed by atoms with Crippen LogP contribution in [-0.2, 0) is 18.3 Å². The number of aryl methyl sites for hydroxylation is 1. The summed E-state index contributed by atoms with van der Waals surface area (Å²) in [4.78, 5) is 14.8. The number of nitrogens with zero attached hydrogens (tertiary/aromatic N) is 2. The molecule has 1 fully saturated rings. The molecule has 0 bridgehead atoms. The van der Waals surface area contributed by atoms with Crippen LogP contribution in [0.25, 0.3) is 10.9 Å². The Morgan fingerprint density at radius 1 is 1.35 bits per heavy atom. The minimum absolute atomic E-state index is 0.0126. The third kappa shape index (κ3) is 2.74. The van der Waals surface area contributed by atoms with Crippen LogP contribution in [0.15, 0.2) is 12.1 Å². The normalized spacial score (nSPS) is 15.4. The molecule has 0 aliphatic carbocycles. The summed E-state index contributed by atoms with van der Waals surface area (Å²) >= 11 is 0. The van der Waals surface area contributed by atoms with Crippen molar-refractivity contribution in [2.75, 3.05) is 25.4 Å². The zero-order valence-electron chi connectivity index (χ0n) is 13.6. The standard InChI is InChI=1S/C17H23N3O3/c1-3-23-17(22)16-11-8-15(21)12(18)9-13(11)19(2)14(16)10-20-6-4-5-7-20/h8-9,21H,3-7,10,18H2,1-2H3. The van der Waals surface area contributed by atoms with Gasteiger partial charge in [0.1, 0.15) is 5.75 Å². The summed E-state index contributed by atoms with van der Waals surface area (Å²) in [5, 5.41) is 10.6. The third-order valence-corrected chi connectivity index (χ3v) is 4.52. The molecule has 0 amide bonds. The number of phenolic OH excluding ortho intramolecular Hbond substituents is 1. The highest BCUT2D eigenvalue weighted by atomic mass is 16.5. The number of nitrogen functional groups attached to an aromatic ring is 1. The van der Waals surface area contributed by atoms with Gasteiger partial charge < -0.3 is 20.1 Å². The Bertz CT molecular complexity index is 745. The van der Waals surface area contributed by atoms with Crippen LogP contribution >= 0.6 is 0 Å². The van der Waals surface area contributed by atoms with Crippen LogP contribution in [0.2, 0.25) is 0 Å². The second kappa shape index (κ2) is 6.12. The van der Waals surface area contributed by atoms with Gasteiger partial charge in [0, 0.05) is 24.7 Å². The van der Waals surface area contributed by atoms with Crippen molar-refractivity contribution in [3.63, 3.8) is 0 Å². The number of hydrogen-bond acceptors (Lipinski definition) is 5. The van der Waals surface area contributed by atoms with Gasteiger partial charge in [-0.25, -0.2) is 4.79 Å². The quantitative estimate of drug-likeness (QED) is 0.513. The zero-order valence-corrected chi connectivity index (χ0v) is 13.6. The number of aromatic nitrogens is 1. The molecule has 1 aromatic heterocycles. The largest absolute Gasteiger partial charge is 0.506 e. The van der Waals surface area contributed by atoms with E-state index in [1.807, 2.05) is 11.6 Å². The summed E-state index contributed by atoms with van der Waals surface area (Å²) in [6.45, 7) is 4.88. The van der Waals surface area contributed by atoms with Crippen LogP contribution in [0.5, 0.6) is 5.75 Å². The molecule has 6 heteroatoms. The number of rotatable bonds is 4. The van der Waals surface area contributed by atoms with Crippen LogP contribution < -0.4 is 5.73 Å². The molecule has 3 N–H and O–H groups in total. The number of ether oxygens (including phenoxy) is 1. The third-order valence-electron chi connectivity index (χ3n) is 4.52. The molecule has 0 radical (unpaired) electrons. The van der Waals surface area contributed by atoms with Crippen molar-refractivity contribution in [1.29, 1.82) is 0 Å². The fourth-order valence-corrected chi connectivity index (χ4v) is 3.31. The molecule has 0 spiro atoms. The second-order valence-electron chi connectivity index (χ2n) is 6.01. The Labute approximate surface area is 135 Å². The van der Waals surface area contributed by atoms with Crippen LogP contribution in [0.3, 0.4) is 0 Å². The Hall–Kier alpha value is -2.21. The van der Waals surface area contributed by atoms with Crippen LogP contribution in [0.4, 0.5) is 5.69 Å². The van der Waals surface area contributed by atoms with E-state index in [1.165, 1.54) is 12.8 Å². The van der Waals surface area contributed by atoms with Crippen molar-refractivity contribution >= 4 is 22.6 Å². The first kappa shape index (κ1) is 15.7. The first-order valence-electron chi connectivity index (χ1n) is 8.02. The Morgan fingerprint density at radius 2 is 2.04 bits per heavy atom. The lowest BCUT2D eigenvalue weighted by molar-refractivity contribution is 0.0526. The molecule has 1 aromatic carbocycles. The molecule has 1 aliphatic heterocycles. The average molecular weight is 317 g/mol. The number of anilines is 1. The van der Waals surface area contributed by atoms with Crippen molar-refractivity contribution in [3.8, 4) is 5.75 Å². The summed E-state index contributed by atoms with van der Waals surface area (Å²) in [5.41, 5.74) is 8.40. The number of phenols is 1. The Kier molecular flexibility index (Phi) is 4.17. The summed E-state index contributed by atoms with van der Waals surface area (Å²) in [6.07, 6.45) is 2.37. The van der Waals surface area contributed by atoms with Crippen molar-refractivity contribution in [2.24, 2.45) is 7.05 Å². The van der Waals surface area contributed by atoms with E-state index in [1.54, 1.807) is 19.1 Å². The highest BCUT2D eigenvalue weighted by Crippen LogP contribution is 2.34. The number of aromatic hydroxyl groups is 1. The lowest BCUT2D eigenvalue weighted by Gasteiger charge is -2.16. The molecular weight excluding hydrogens is 294 g/mol. The van der Waals surface area contributed by atoms with Gasteiger partial charge in [-0.1, -0.05) is 0 Å². The van der Waals surface area contributed by atoms with Gasteiger partial charge in [0.2, 0.25) is 0 Å². The van der Waals surface area contributed by atoms with Gasteiger partial charge in [-0.05, 0) is 45.0 Å². The smallest absolute Gasteiger partial charge is 0.340 e. The topological polar surface area (TPSA) is 80.7 Å². The maximum Gasteiger partial charge on any atom is 0.340 e. The predicted molar refractivity (Wildman–Crippen MR) is 89.5 cm³/mol. The number of nitrogens with two attached hydrogens (primary N) is 1. The van der Waals surface area contributed by atoms with Gasteiger partial charge in [0.15, 0.2) is 0 Å². The Morgan fingerprint density at radius 3 is 2.70 bits per heavy atom. The maximum atomic E-state index is 12.5. The highest BCUT2D eigenvalue weighted by Gasteiger charge is 2.25. The van der Waals surface area contributed by atoms with Gasteiger partial charge in [0.05, 0.1) is 23.4 Å². The molecule has 1 aliphatic rings. The molecular formula is C17H23N3O3.